The van der Waals surface area contributed by atoms with E-state index in [1.54, 1.807) is 0 Å². The van der Waals surface area contributed by atoms with Crippen LogP contribution in [0.2, 0.25) is 0 Å². The fourth-order valence-electron chi connectivity index (χ4n) is 5.47. The molecule has 0 spiro atoms. The lowest BCUT2D eigenvalue weighted by Gasteiger charge is -2.27. The first-order valence-electron chi connectivity index (χ1n) is 12.8. The third-order valence-corrected chi connectivity index (χ3v) is 9.89. The van der Waals surface area contributed by atoms with E-state index in [1.807, 2.05) is 0 Å². The Labute approximate surface area is 258 Å². The largest absolute Gasteiger partial charge is 0.387 e. The number of imidazole rings is 2. The number of nitrogen functional groups attached to an aromatic ring is 1. The number of alkyl halides is 1. The van der Waals surface area contributed by atoms with Crippen LogP contribution >= 0.6 is 13.9 Å². The van der Waals surface area contributed by atoms with Gasteiger partial charge in [0.15, 0.2) is 53.7 Å². The highest BCUT2D eigenvalue weighted by molar-refractivity contribution is 8.07. The molecule has 25 heteroatoms. The lowest BCUT2D eigenvalue weighted by Crippen LogP contribution is -2.36. The number of fused-ring (bicyclic) bond motifs is 3. The van der Waals surface area contributed by atoms with Crippen molar-refractivity contribution in [3.05, 3.63) is 39.7 Å². The topological polar surface area (TPSA) is 280 Å². The zero-order valence-corrected chi connectivity index (χ0v) is 25.6. The monoisotopic (exact) mass is 709 g/mol. The van der Waals surface area contributed by atoms with Crippen LogP contribution in [0.4, 0.5) is 10.3 Å². The number of nitrogens with zero attached hydrogens (tertiary/aromatic N) is 6. The van der Waals surface area contributed by atoms with E-state index in [2.05, 4.69) is 41.7 Å². The van der Waals surface area contributed by atoms with Crippen LogP contribution in [0.25, 0.3) is 22.3 Å². The summed E-state index contributed by atoms with van der Waals surface area (Å²) in [6.07, 6.45) is -8.70. The van der Waals surface area contributed by atoms with Crippen LogP contribution in [0.5, 0.6) is 0 Å². The van der Waals surface area contributed by atoms with Crippen LogP contribution in [-0.4, -0.2) is 108 Å². The van der Waals surface area contributed by atoms with Gasteiger partial charge in [-0.25, -0.2) is 19.3 Å². The van der Waals surface area contributed by atoms with Gasteiger partial charge >= 0.3 is 6.72 Å². The van der Waals surface area contributed by atoms with E-state index in [-0.39, 0.29) is 28.3 Å². The van der Waals surface area contributed by atoms with E-state index in [0.29, 0.717) is 0 Å². The lowest BCUT2D eigenvalue weighted by molar-refractivity contribution is -0.0647. The number of ether oxygens (including phenoxy) is 2. The van der Waals surface area contributed by atoms with Crippen molar-refractivity contribution >= 4 is 65.8 Å². The predicted octanol–water partition coefficient (Wildman–Crippen LogP) is -2.42. The molecule has 0 aromatic carbocycles. The summed E-state index contributed by atoms with van der Waals surface area (Å²) in [5.74, 6) is -0.252. The summed E-state index contributed by atoms with van der Waals surface area (Å²) in [6, 6.07) is 0. The normalized spacial score (nSPS) is 34.7. The molecule has 20 nitrogen and oxygen atoms in total. The lowest BCUT2D eigenvalue weighted by atomic mass is 10.1. The van der Waals surface area contributed by atoms with Crippen LogP contribution in [0.15, 0.2) is 28.6 Å². The molecule has 7 rings (SSSR count). The van der Waals surface area contributed by atoms with Crippen LogP contribution < -0.4 is 16.9 Å². The maximum atomic E-state index is 15.6. The summed E-state index contributed by atoms with van der Waals surface area (Å²) in [5.41, 5.74) is 1.93. The number of nitrogens with one attached hydrogen (secondary N) is 2. The molecular formula is C20H22FN9O11P2S2. The first-order chi connectivity index (χ1) is 21.3. The Hall–Kier alpha value is -2.63. The van der Waals surface area contributed by atoms with Gasteiger partial charge in [0.2, 0.25) is 5.95 Å². The zero-order valence-electron chi connectivity index (χ0n) is 22.1. The van der Waals surface area contributed by atoms with E-state index < -0.39 is 86.3 Å². The van der Waals surface area contributed by atoms with Gasteiger partial charge in [0, 0.05) is 0 Å². The van der Waals surface area contributed by atoms with Gasteiger partial charge in [-0.1, -0.05) is 0 Å². The number of rotatable bonds is 9. The molecule has 8 N–H and O–H groups in total. The number of anilines is 1. The van der Waals surface area contributed by atoms with Crippen molar-refractivity contribution < 1.29 is 47.4 Å². The second-order valence-corrected chi connectivity index (χ2v) is 14.9. The minimum atomic E-state index is -4.45. The molecule has 0 bridgehead atoms. The Morgan fingerprint density at radius 1 is 1.13 bits per heavy atom. The first kappa shape index (κ1) is 31.0. The number of H-pyrrole nitrogens is 2. The maximum Gasteiger partial charge on any atom is 0.325 e. The Morgan fingerprint density at radius 2 is 1.82 bits per heavy atom. The Kier molecular flexibility index (Phi) is 7.56. The third kappa shape index (κ3) is 5.08. The number of halogens is 1. The van der Waals surface area contributed by atoms with Gasteiger partial charge in [0.05, 0.1) is 25.6 Å². The van der Waals surface area contributed by atoms with Crippen molar-refractivity contribution in [3.8, 4) is 0 Å². The fourth-order valence-corrected chi connectivity index (χ4v) is 7.71. The van der Waals surface area contributed by atoms with Crippen molar-refractivity contribution in [1.29, 1.82) is 0 Å². The van der Waals surface area contributed by atoms with E-state index in [1.165, 1.54) is 4.57 Å². The van der Waals surface area contributed by atoms with Crippen LogP contribution in [0, 0.1) is 0 Å². The standard InChI is InChI=1S/C20H22FN9O11P2S2/c21-10-18(29-3-25-6-13(29)23-2-24-15(6)32)39-11-12(20(10,11)34)41-43(36,45)40-9-8(31)5(1-37-42(35)44)38-17(9)30-4-26-7-14(30)27-19(22)28-16(7)33/h2-5,8-12,17-18,31,34,42H,1H2,(H,35,44)(H,36,45)(H,23,24,32)(H3,22,27,28,33)/t5-,8-,9-,10-,11-,12?,17-,18-,20+,43?/m1/s1. The molecule has 4 aromatic heterocycles. The summed E-state index contributed by atoms with van der Waals surface area (Å²) >= 11 is 9.85. The molecule has 6 heterocycles. The molecule has 1 aliphatic carbocycles. The Bertz CT molecular complexity index is 2010. The smallest absolute Gasteiger partial charge is 0.325 e. The van der Waals surface area contributed by atoms with E-state index >= 15 is 4.39 Å². The molecular weight excluding hydrogens is 687 g/mol. The quantitative estimate of drug-likeness (QED) is 0.0890. The number of aromatic amines is 2. The van der Waals surface area contributed by atoms with Crippen molar-refractivity contribution in [2.75, 3.05) is 12.3 Å². The number of aliphatic hydroxyl groups is 2. The molecule has 242 valence electrons. The molecule has 0 amide bonds. The van der Waals surface area contributed by atoms with Gasteiger partial charge in [-0.2, -0.15) is 4.98 Å². The van der Waals surface area contributed by atoms with Gasteiger partial charge in [0.25, 0.3) is 11.1 Å². The maximum absolute atomic E-state index is 15.6. The second-order valence-electron chi connectivity index (χ2n) is 10.3. The second kappa shape index (κ2) is 11.0. The summed E-state index contributed by atoms with van der Waals surface area (Å²) < 4.78 is 45.7. The van der Waals surface area contributed by atoms with Crippen molar-refractivity contribution in [2.24, 2.45) is 0 Å². The fraction of sp³-hybridized carbons (Fsp3) is 0.500. The molecule has 1 saturated carbocycles. The van der Waals surface area contributed by atoms with Gasteiger partial charge in [0.1, 0.15) is 30.5 Å². The van der Waals surface area contributed by atoms with Crippen LogP contribution in [0.3, 0.4) is 0 Å². The summed E-state index contributed by atoms with van der Waals surface area (Å²) in [5, 5.41) is 22.2. The highest BCUT2D eigenvalue weighted by Crippen LogP contribution is 2.63. The van der Waals surface area contributed by atoms with Gasteiger partial charge in [-0.15, -0.1) is 0 Å². The average Bonchev–Trinajstić information content (AvgIpc) is 3.49. The summed E-state index contributed by atoms with van der Waals surface area (Å²) in [6.45, 7) is -4.84. The van der Waals surface area contributed by atoms with Crippen molar-refractivity contribution in [1.82, 2.24) is 39.0 Å². The highest BCUT2D eigenvalue weighted by Gasteiger charge is 2.80. The number of hydrogen-bond donors (Lipinski definition) is 7. The Morgan fingerprint density at radius 3 is 2.49 bits per heavy atom. The van der Waals surface area contributed by atoms with E-state index in [4.69, 9.17) is 40.6 Å². The van der Waals surface area contributed by atoms with Crippen LogP contribution in [0.1, 0.15) is 12.5 Å². The molecule has 3 fully saturated rings. The molecule has 11 atom stereocenters. The first-order valence-corrected chi connectivity index (χ1v) is 17.9. The SMILES string of the molecule is Nc1nc2c(ncn2[C@@H]2O[C@H](CO[PH](O)=S)[C@@H](O)[C@H]2OP(O)(=S)OC2[C@H]3O[C@@H](n4cnc5c(=O)[nH]cnc54)[C@@H](F)[C@@]23O)c(=O)[nH]1. The van der Waals surface area contributed by atoms with E-state index in [0.717, 1.165) is 23.5 Å². The minimum Gasteiger partial charge on any atom is -0.387 e. The van der Waals surface area contributed by atoms with Crippen LogP contribution in [-0.2, 0) is 46.7 Å². The molecule has 3 aliphatic rings. The molecule has 3 unspecified atom stereocenters. The minimum absolute atomic E-state index is 0.0138. The van der Waals surface area contributed by atoms with Gasteiger partial charge in [-0.05, 0) is 23.6 Å². The summed E-state index contributed by atoms with van der Waals surface area (Å²) in [7, 11) is -2.61. The molecule has 0 radical (unpaired) electrons. The van der Waals surface area contributed by atoms with Crippen molar-refractivity contribution in [2.45, 2.75) is 54.7 Å². The molecule has 2 aliphatic heterocycles. The number of nitrogens with two attached hydrogens (primary N) is 1. The van der Waals surface area contributed by atoms with Crippen molar-refractivity contribution in [3.63, 3.8) is 0 Å². The number of aliphatic hydroxyl groups excluding tert-OH is 1. The third-order valence-electron chi connectivity index (χ3n) is 7.61. The zero-order chi connectivity index (χ0) is 32.0. The van der Waals surface area contributed by atoms with Gasteiger partial charge in [-0.3, -0.25) is 32.8 Å². The van der Waals surface area contributed by atoms with E-state index in [9.17, 15) is 29.6 Å². The molecule has 4 aromatic rings. The van der Waals surface area contributed by atoms with Gasteiger partial charge < -0.3 is 44.7 Å². The number of aromatic nitrogens is 8. The average molecular weight is 710 g/mol. The highest BCUT2D eigenvalue weighted by atomic mass is 32.5. The summed E-state index contributed by atoms with van der Waals surface area (Å²) in [4.78, 5) is 65.4. The Balaban J connectivity index is 1.12. The predicted molar refractivity (Wildman–Crippen MR) is 154 cm³/mol. The molecule has 2 saturated heterocycles. The number of hydrogen-bond acceptors (Lipinski definition) is 16. The molecule has 45 heavy (non-hydrogen) atoms.